The number of allylic oxidation sites excluding steroid dienone is 3. The normalized spacial score (nSPS) is 15.9. The summed E-state index contributed by atoms with van der Waals surface area (Å²) >= 11 is 1.92. The molecule has 0 N–H and O–H groups in total. The lowest BCUT2D eigenvalue weighted by Gasteiger charge is -2.31. The van der Waals surface area contributed by atoms with Crippen LogP contribution in [0.3, 0.4) is 0 Å². The van der Waals surface area contributed by atoms with Crippen molar-refractivity contribution in [3.8, 4) is 16.8 Å². The SMILES string of the molecule is CC1(C)c2cc(N(C3=CCC(c4cccc5c4sc4ccccc45)C=C3)c3ccccc3)ccc2-c2ccc3c4cnccc4n(-c4ccccc4)c3c21. The molecule has 3 aromatic heterocycles. The van der Waals surface area contributed by atoms with E-state index in [1.165, 1.54) is 81.2 Å². The number of fused-ring (bicyclic) bond motifs is 10. The van der Waals surface area contributed by atoms with Gasteiger partial charge in [0.2, 0.25) is 0 Å². The molecule has 0 saturated carbocycles. The molecule has 3 heterocycles. The molecule has 0 radical (unpaired) electrons. The summed E-state index contributed by atoms with van der Waals surface area (Å²) in [4.78, 5) is 7.00. The molecule has 258 valence electrons. The number of anilines is 2. The zero-order valence-electron chi connectivity index (χ0n) is 30.2. The summed E-state index contributed by atoms with van der Waals surface area (Å²) in [5.41, 5.74) is 13.6. The van der Waals surface area contributed by atoms with Crippen LogP contribution >= 0.6 is 11.3 Å². The molecule has 6 aromatic carbocycles. The first kappa shape index (κ1) is 31.3. The first-order valence-electron chi connectivity index (χ1n) is 18.8. The third-order valence-corrected chi connectivity index (χ3v) is 13.0. The molecule has 9 aromatic rings. The second-order valence-corrected chi connectivity index (χ2v) is 16.2. The number of rotatable bonds is 5. The molecule has 11 rings (SSSR count). The topological polar surface area (TPSA) is 21.1 Å². The van der Waals surface area contributed by atoms with Gasteiger partial charge in [0.1, 0.15) is 0 Å². The Labute approximate surface area is 318 Å². The van der Waals surface area contributed by atoms with E-state index in [2.05, 4.69) is 186 Å². The van der Waals surface area contributed by atoms with Gasteiger partial charge in [-0.05, 0) is 88.8 Å². The van der Waals surface area contributed by atoms with Crippen LogP contribution in [0.4, 0.5) is 11.4 Å². The molecule has 2 aliphatic rings. The minimum absolute atomic E-state index is 0.248. The van der Waals surface area contributed by atoms with Crippen molar-refractivity contribution in [1.82, 2.24) is 9.55 Å². The van der Waals surface area contributed by atoms with Crippen LogP contribution in [-0.2, 0) is 5.41 Å². The van der Waals surface area contributed by atoms with E-state index in [0.717, 1.165) is 17.8 Å². The van der Waals surface area contributed by atoms with Crippen LogP contribution in [0.5, 0.6) is 0 Å². The number of aromatic nitrogens is 2. The van der Waals surface area contributed by atoms with Crippen molar-refractivity contribution < 1.29 is 0 Å². The highest BCUT2D eigenvalue weighted by molar-refractivity contribution is 7.26. The van der Waals surface area contributed by atoms with Gasteiger partial charge in [-0.15, -0.1) is 11.3 Å². The molecule has 0 fully saturated rings. The van der Waals surface area contributed by atoms with Crippen LogP contribution in [0.25, 0.3) is 58.8 Å². The maximum atomic E-state index is 4.56. The van der Waals surface area contributed by atoms with Crippen LogP contribution in [0, 0.1) is 0 Å². The van der Waals surface area contributed by atoms with Crippen LogP contribution in [0.1, 0.15) is 42.9 Å². The lowest BCUT2D eigenvalue weighted by atomic mass is 9.81. The Kier molecular flexibility index (Phi) is 6.90. The van der Waals surface area contributed by atoms with Crippen molar-refractivity contribution >= 4 is 64.7 Å². The fourth-order valence-electron chi connectivity index (χ4n) is 9.30. The monoisotopic (exact) mass is 711 g/mol. The predicted molar refractivity (Wildman–Crippen MR) is 229 cm³/mol. The van der Waals surface area contributed by atoms with Gasteiger partial charge in [0, 0.05) is 77.4 Å². The van der Waals surface area contributed by atoms with E-state index >= 15 is 0 Å². The molecule has 0 amide bonds. The van der Waals surface area contributed by atoms with Crippen LogP contribution in [0.2, 0.25) is 0 Å². The minimum Gasteiger partial charge on any atom is -0.311 e. The Morgan fingerprint density at radius 2 is 1.48 bits per heavy atom. The maximum Gasteiger partial charge on any atom is 0.0588 e. The molecular weight excluding hydrogens is 675 g/mol. The molecule has 3 nitrogen and oxygen atoms in total. The second-order valence-electron chi connectivity index (χ2n) is 15.1. The van der Waals surface area contributed by atoms with Crippen molar-refractivity contribution in [2.75, 3.05) is 4.90 Å². The minimum atomic E-state index is -0.248. The van der Waals surface area contributed by atoms with Gasteiger partial charge in [-0.2, -0.15) is 0 Å². The highest BCUT2D eigenvalue weighted by atomic mass is 32.1. The van der Waals surface area contributed by atoms with E-state index in [9.17, 15) is 0 Å². The van der Waals surface area contributed by atoms with Crippen molar-refractivity contribution in [2.24, 2.45) is 0 Å². The molecule has 1 atom stereocenters. The highest BCUT2D eigenvalue weighted by Gasteiger charge is 2.39. The van der Waals surface area contributed by atoms with Gasteiger partial charge in [0.05, 0.1) is 11.0 Å². The Hall–Kier alpha value is -6.23. The largest absolute Gasteiger partial charge is 0.311 e. The zero-order chi connectivity index (χ0) is 36.0. The highest BCUT2D eigenvalue weighted by Crippen LogP contribution is 2.54. The molecule has 0 bridgehead atoms. The van der Waals surface area contributed by atoms with Gasteiger partial charge in [-0.3, -0.25) is 4.98 Å². The summed E-state index contributed by atoms with van der Waals surface area (Å²) in [7, 11) is 0. The van der Waals surface area contributed by atoms with Crippen molar-refractivity contribution in [3.05, 3.63) is 193 Å². The molecule has 1 unspecified atom stereocenters. The smallest absolute Gasteiger partial charge is 0.0588 e. The first-order chi connectivity index (χ1) is 26.6. The van der Waals surface area contributed by atoms with Crippen LogP contribution < -0.4 is 4.90 Å². The van der Waals surface area contributed by atoms with Gasteiger partial charge >= 0.3 is 0 Å². The second kappa shape index (κ2) is 11.9. The lowest BCUT2D eigenvalue weighted by molar-refractivity contribution is 0.664. The van der Waals surface area contributed by atoms with Gasteiger partial charge < -0.3 is 9.47 Å². The summed E-state index contributed by atoms with van der Waals surface area (Å²) in [5.74, 6) is 0.325. The maximum absolute atomic E-state index is 4.56. The third kappa shape index (κ3) is 4.56. The Morgan fingerprint density at radius 1 is 0.704 bits per heavy atom. The Bertz CT molecular complexity index is 3000. The Balaban J connectivity index is 1.02. The molecule has 54 heavy (non-hydrogen) atoms. The fraction of sp³-hybridized carbons (Fsp3) is 0.100. The number of benzene rings is 6. The van der Waals surface area contributed by atoms with Crippen LogP contribution in [0.15, 0.2) is 176 Å². The summed E-state index contributed by atoms with van der Waals surface area (Å²) < 4.78 is 5.21. The number of pyridine rings is 1. The average molecular weight is 712 g/mol. The van der Waals surface area contributed by atoms with E-state index in [-0.39, 0.29) is 5.41 Å². The quantitative estimate of drug-likeness (QED) is 0.177. The number of para-hydroxylation sites is 2. The van der Waals surface area contributed by atoms with Gasteiger partial charge in [-0.1, -0.05) is 117 Å². The summed E-state index contributed by atoms with van der Waals surface area (Å²) in [6.07, 6.45) is 12.1. The van der Waals surface area contributed by atoms with Gasteiger partial charge in [-0.25, -0.2) is 0 Å². The number of nitrogens with zero attached hydrogens (tertiary/aromatic N) is 3. The number of hydrogen-bond acceptors (Lipinski definition) is 3. The van der Waals surface area contributed by atoms with Crippen molar-refractivity contribution in [2.45, 2.75) is 31.6 Å². The molecule has 4 heteroatoms. The lowest BCUT2D eigenvalue weighted by Crippen LogP contribution is -2.20. The molecule has 0 spiro atoms. The Morgan fingerprint density at radius 3 is 2.31 bits per heavy atom. The molecule has 0 saturated heterocycles. The molecule has 2 aliphatic carbocycles. The fourth-order valence-corrected chi connectivity index (χ4v) is 10.6. The van der Waals surface area contributed by atoms with Gasteiger partial charge in [0.15, 0.2) is 0 Å². The van der Waals surface area contributed by atoms with E-state index < -0.39 is 0 Å². The molecule has 0 aliphatic heterocycles. The third-order valence-electron chi connectivity index (χ3n) is 11.8. The van der Waals surface area contributed by atoms with Crippen molar-refractivity contribution in [1.29, 1.82) is 0 Å². The standard InChI is InChI=1S/C50H37N3S/c1-50(2)44-30-36(24-25-38(44)40-26-27-41-43-31-51-29-28-45(43)53(48(41)47(40)50)34-14-7-4-8-15-34)52(33-12-5-3-6-13-33)35-22-20-32(21-23-35)37-17-11-18-42-39-16-9-10-19-46(39)54-49(37)42/h3-20,22-32H,21H2,1-2H3. The van der Waals surface area contributed by atoms with Crippen LogP contribution in [-0.4, -0.2) is 9.55 Å². The first-order valence-corrected chi connectivity index (χ1v) is 19.6. The van der Waals surface area contributed by atoms with E-state index in [1.807, 2.05) is 23.7 Å². The predicted octanol–water partition coefficient (Wildman–Crippen LogP) is 13.6. The average Bonchev–Trinajstić information content (AvgIpc) is 3.84. The molecular formula is C50H37N3S. The van der Waals surface area contributed by atoms with E-state index in [4.69, 9.17) is 0 Å². The van der Waals surface area contributed by atoms with Crippen molar-refractivity contribution in [3.63, 3.8) is 0 Å². The van der Waals surface area contributed by atoms with Gasteiger partial charge in [0.25, 0.3) is 0 Å². The summed E-state index contributed by atoms with van der Waals surface area (Å²) in [6, 6.07) is 51.1. The number of hydrogen-bond donors (Lipinski definition) is 0. The number of thiophene rings is 1. The zero-order valence-corrected chi connectivity index (χ0v) is 31.0. The van der Waals surface area contributed by atoms with E-state index in [0.29, 0.717) is 5.92 Å². The summed E-state index contributed by atoms with van der Waals surface area (Å²) in [5, 5.41) is 5.14. The van der Waals surface area contributed by atoms with E-state index in [1.54, 1.807) is 0 Å². The summed E-state index contributed by atoms with van der Waals surface area (Å²) in [6.45, 7) is 4.80.